The summed E-state index contributed by atoms with van der Waals surface area (Å²) in [5, 5.41) is 2.46. The molecule has 0 heterocycles. The Balaban J connectivity index is 2.84. The molecule has 122 valence electrons. The zero-order valence-electron chi connectivity index (χ0n) is 13.3. The van der Waals surface area contributed by atoms with Gasteiger partial charge in [0.25, 0.3) is 0 Å². The molecule has 0 radical (unpaired) electrons. The molecule has 1 amide bonds. The van der Waals surface area contributed by atoms with Gasteiger partial charge in [0.05, 0.1) is 17.3 Å². The third kappa shape index (κ3) is 4.63. The number of halogens is 2. The van der Waals surface area contributed by atoms with Crippen LogP contribution < -0.4 is 10.1 Å². The minimum Gasteiger partial charge on any atom is -0.492 e. The maximum absolute atomic E-state index is 13.8. The number of allylic oxidation sites excluding steroid dienone is 1. The molecular formula is C16H21ClFNO3. The summed E-state index contributed by atoms with van der Waals surface area (Å²) in [6.45, 7) is 11.6. The van der Waals surface area contributed by atoms with Crippen molar-refractivity contribution in [3.63, 3.8) is 0 Å². The highest BCUT2D eigenvalue weighted by Crippen LogP contribution is 2.32. The number of hydrogen-bond acceptors (Lipinski definition) is 3. The molecule has 0 bridgehead atoms. The summed E-state index contributed by atoms with van der Waals surface area (Å²) in [7, 11) is 0. The fraction of sp³-hybridized carbons (Fsp3) is 0.438. The molecule has 0 saturated heterocycles. The Hall–Kier alpha value is -1.75. The fourth-order valence-electron chi connectivity index (χ4n) is 1.47. The van der Waals surface area contributed by atoms with E-state index in [0.717, 1.165) is 12.5 Å². The first-order chi connectivity index (χ1) is 10.2. The van der Waals surface area contributed by atoms with Gasteiger partial charge in [-0.1, -0.05) is 39.0 Å². The maximum Gasteiger partial charge on any atom is 0.416 e. The van der Waals surface area contributed by atoms with Crippen molar-refractivity contribution in [1.82, 2.24) is 0 Å². The number of nitrogens with one attached hydrogen (secondary N) is 1. The summed E-state index contributed by atoms with van der Waals surface area (Å²) < 4.78 is 24.2. The summed E-state index contributed by atoms with van der Waals surface area (Å²) in [4.78, 5) is 11.9. The van der Waals surface area contributed by atoms with Crippen molar-refractivity contribution in [2.45, 2.75) is 34.1 Å². The summed E-state index contributed by atoms with van der Waals surface area (Å²) >= 11 is 5.86. The second-order valence-electron chi connectivity index (χ2n) is 5.37. The van der Waals surface area contributed by atoms with Crippen LogP contribution in [0.2, 0.25) is 5.02 Å². The van der Waals surface area contributed by atoms with Crippen LogP contribution in [0.1, 0.15) is 34.1 Å². The van der Waals surface area contributed by atoms with Crippen molar-refractivity contribution in [1.29, 1.82) is 0 Å². The van der Waals surface area contributed by atoms with Crippen molar-refractivity contribution in [2.75, 3.05) is 11.9 Å². The first-order valence-electron chi connectivity index (χ1n) is 7.01. The number of carbonyl (C=O) groups is 1. The summed E-state index contributed by atoms with van der Waals surface area (Å²) in [5.74, 6) is -0.0775. The number of anilines is 1. The highest BCUT2D eigenvalue weighted by atomic mass is 35.5. The van der Waals surface area contributed by atoms with E-state index in [1.807, 2.05) is 20.8 Å². The van der Waals surface area contributed by atoms with Crippen LogP contribution in [-0.4, -0.2) is 12.7 Å². The molecule has 22 heavy (non-hydrogen) atoms. The second-order valence-corrected chi connectivity index (χ2v) is 5.78. The molecule has 0 saturated carbocycles. The third-order valence-electron chi connectivity index (χ3n) is 3.41. The van der Waals surface area contributed by atoms with Crippen LogP contribution >= 0.6 is 11.6 Å². The lowest BCUT2D eigenvalue weighted by atomic mass is 9.88. The minimum atomic E-state index is -0.810. The molecule has 0 aliphatic carbocycles. The van der Waals surface area contributed by atoms with E-state index in [9.17, 15) is 9.18 Å². The first-order valence-corrected chi connectivity index (χ1v) is 7.39. The zero-order valence-corrected chi connectivity index (χ0v) is 14.0. The topological polar surface area (TPSA) is 47.6 Å². The molecule has 0 atom stereocenters. The Morgan fingerprint density at radius 3 is 2.59 bits per heavy atom. The van der Waals surface area contributed by atoms with E-state index in [2.05, 4.69) is 11.9 Å². The average Bonchev–Trinajstić information content (AvgIpc) is 2.44. The highest BCUT2D eigenvalue weighted by Gasteiger charge is 2.23. The van der Waals surface area contributed by atoms with Gasteiger partial charge < -0.3 is 9.47 Å². The van der Waals surface area contributed by atoms with Crippen LogP contribution in [0.15, 0.2) is 24.5 Å². The third-order valence-corrected chi connectivity index (χ3v) is 3.71. The van der Waals surface area contributed by atoms with E-state index in [-0.39, 0.29) is 21.9 Å². The lowest BCUT2D eigenvalue weighted by Gasteiger charge is -2.24. The molecule has 0 fully saturated rings. The van der Waals surface area contributed by atoms with Crippen LogP contribution in [0, 0.1) is 11.2 Å². The van der Waals surface area contributed by atoms with Crippen LogP contribution in [0.3, 0.4) is 0 Å². The molecule has 4 nitrogen and oxygen atoms in total. The van der Waals surface area contributed by atoms with E-state index in [1.165, 1.54) is 6.07 Å². The van der Waals surface area contributed by atoms with Crippen LogP contribution in [0.25, 0.3) is 0 Å². The Morgan fingerprint density at radius 1 is 1.41 bits per heavy atom. The molecule has 1 N–H and O–H groups in total. The van der Waals surface area contributed by atoms with Gasteiger partial charge in [0, 0.05) is 11.5 Å². The van der Waals surface area contributed by atoms with Gasteiger partial charge in [-0.25, -0.2) is 9.18 Å². The molecule has 6 heteroatoms. The molecule has 1 aromatic carbocycles. The number of rotatable bonds is 6. The van der Waals surface area contributed by atoms with E-state index >= 15 is 0 Å². The van der Waals surface area contributed by atoms with Gasteiger partial charge in [-0.05, 0) is 19.4 Å². The molecule has 0 unspecified atom stereocenters. The number of amides is 1. The molecular weight excluding hydrogens is 309 g/mol. The van der Waals surface area contributed by atoms with Crippen LogP contribution in [0.5, 0.6) is 5.75 Å². The summed E-state index contributed by atoms with van der Waals surface area (Å²) in [6.07, 6.45) is -0.0571. The predicted octanol–water partition coefficient (Wildman–Crippen LogP) is 5.38. The van der Waals surface area contributed by atoms with Crippen molar-refractivity contribution >= 4 is 23.4 Å². The summed E-state index contributed by atoms with van der Waals surface area (Å²) in [5.41, 5.74) is -0.424. The van der Waals surface area contributed by atoms with Gasteiger partial charge in [0.15, 0.2) is 0 Å². The number of hydrogen-bond donors (Lipinski definition) is 1. The monoisotopic (exact) mass is 329 g/mol. The first kappa shape index (κ1) is 18.3. The van der Waals surface area contributed by atoms with Crippen molar-refractivity contribution in [2.24, 2.45) is 5.41 Å². The van der Waals surface area contributed by atoms with E-state index in [1.54, 1.807) is 6.92 Å². The minimum absolute atomic E-state index is 0.0695. The molecule has 0 spiro atoms. The normalized spacial score (nSPS) is 11.0. The Bertz CT molecular complexity index is 573. The average molecular weight is 330 g/mol. The second kappa shape index (κ2) is 7.49. The smallest absolute Gasteiger partial charge is 0.416 e. The fourth-order valence-corrected chi connectivity index (χ4v) is 1.68. The number of ether oxygens (including phenoxy) is 2. The van der Waals surface area contributed by atoms with Gasteiger partial charge in [0.1, 0.15) is 17.3 Å². The van der Waals surface area contributed by atoms with Crippen molar-refractivity contribution in [3.05, 3.63) is 35.3 Å². The maximum atomic E-state index is 13.8. The molecule has 1 aromatic rings. The van der Waals surface area contributed by atoms with Gasteiger partial charge in [-0.15, -0.1) is 0 Å². The van der Waals surface area contributed by atoms with Crippen molar-refractivity contribution in [3.8, 4) is 5.75 Å². The largest absolute Gasteiger partial charge is 0.492 e. The molecule has 1 rings (SSSR count). The van der Waals surface area contributed by atoms with Gasteiger partial charge in [0.2, 0.25) is 0 Å². The Labute approximate surface area is 135 Å². The lowest BCUT2D eigenvalue weighted by molar-refractivity contribution is 0.162. The van der Waals surface area contributed by atoms with Crippen LogP contribution in [-0.2, 0) is 4.74 Å². The Kier molecular flexibility index (Phi) is 6.23. The van der Waals surface area contributed by atoms with Crippen LogP contribution in [0.4, 0.5) is 14.9 Å². The van der Waals surface area contributed by atoms with Gasteiger partial charge >= 0.3 is 6.09 Å². The van der Waals surface area contributed by atoms with E-state index in [0.29, 0.717) is 12.4 Å². The van der Waals surface area contributed by atoms with E-state index < -0.39 is 11.9 Å². The molecule has 0 aromatic heterocycles. The van der Waals surface area contributed by atoms with Gasteiger partial charge in [-0.3, -0.25) is 5.32 Å². The lowest BCUT2D eigenvalue weighted by Crippen LogP contribution is -2.21. The number of carbonyl (C=O) groups excluding carboxylic acids is 1. The van der Waals surface area contributed by atoms with E-state index in [4.69, 9.17) is 21.1 Å². The quantitative estimate of drug-likeness (QED) is 0.713. The predicted molar refractivity (Wildman–Crippen MR) is 85.9 cm³/mol. The number of benzene rings is 1. The molecule has 0 aliphatic rings. The standard InChI is InChI=1S/C16H21ClFNO3/c1-6-16(4,5)10(3)22-15(20)19-13-9-14(21-7-2)11(17)8-12(13)18/h8-9H,3,6-7H2,1-2,4-5H3,(H,19,20). The van der Waals surface area contributed by atoms with Crippen molar-refractivity contribution < 1.29 is 18.7 Å². The summed E-state index contributed by atoms with van der Waals surface area (Å²) in [6, 6.07) is 2.39. The Morgan fingerprint density at radius 2 is 2.05 bits per heavy atom. The highest BCUT2D eigenvalue weighted by molar-refractivity contribution is 6.32. The zero-order chi connectivity index (χ0) is 16.9. The molecule has 0 aliphatic heterocycles. The SMILES string of the molecule is C=C(OC(=O)Nc1cc(OCC)c(Cl)cc1F)C(C)(C)CC. The van der Waals surface area contributed by atoms with Gasteiger partial charge in [-0.2, -0.15) is 0 Å².